The van der Waals surface area contributed by atoms with Gasteiger partial charge in [-0.1, -0.05) is 0 Å². The molecule has 0 unspecified atom stereocenters. The van der Waals surface area contributed by atoms with E-state index in [0.29, 0.717) is 17.1 Å². The van der Waals surface area contributed by atoms with Gasteiger partial charge in [-0.2, -0.15) is 0 Å². The number of alkyl halides is 2. The van der Waals surface area contributed by atoms with Crippen LogP contribution in [0.1, 0.15) is 36.8 Å². The number of anilines is 2. The van der Waals surface area contributed by atoms with E-state index in [1.807, 2.05) is 18.2 Å². The molecule has 0 atom stereocenters. The minimum atomic E-state index is -2.57. The number of carboxylic acid groups (broad SMARTS) is 1. The van der Waals surface area contributed by atoms with Crippen molar-refractivity contribution in [2.75, 3.05) is 11.9 Å². The van der Waals surface area contributed by atoms with Crippen molar-refractivity contribution in [3.63, 3.8) is 0 Å². The minimum Gasteiger partial charge on any atom is -0.490 e. The third-order valence-corrected chi connectivity index (χ3v) is 5.56. The molecule has 2 aromatic heterocycles. The lowest BCUT2D eigenvalue weighted by Gasteiger charge is -2.28. The Balaban J connectivity index is 0.000000913. The number of hydrogen-bond donors (Lipinski definition) is 1. The first-order valence-corrected chi connectivity index (χ1v) is 10.1. The van der Waals surface area contributed by atoms with Crippen LogP contribution in [0.3, 0.4) is 0 Å². The predicted octanol–water partition coefficient (Wildman–Crippen LogP) is 4.58. The molecule has 1 fully saturated rings. The Morgan fingerprint density at radius 2 is 1.97 bits per heavy atom. The van der Waals surface area contributed by atoms with Gasteiger partial charge in [-0.05, 0) is 44.4 Å². The van der Waals surface area contributed by atoms with E-state index >= 15 is 0 Å². The Morgan fingerprint density at radius 1 is 1.28 bits per heavy atom. The smallest absolute Gasteiger partial charge is 0.290 e. The van der Waals surface area contributed by atoms with Crippen LogP contribution in [0.2, 0.25) is 0 Å². The molecule has 7 nitrogen and oxygen atoms in total. The van der Waals surface area contributed by atoms with Crippen molar-refractivity contribution >= 4 is 28.9 Å². The molecule has 0 bridgehead atoms. The average molecular weight is 445 g/mol. The van der Waals surface area contributed by atoms with E-state index in [2.05, 4.69) is 4.98 Å². The van der Waals surface area contributed by atoms with Crippen molar-refractivity contribution < 1.29 is 23.4 Å². The lowest BCUT2D eigenvalue weighted by Crippen LogP contribution is -2.25. The van der Waals surface area contributed by atoms with Gasteiger partial charge in [0.05, 0.1) is 17.3 Å². The first-order chi connectivity index (χ1) is 15.3. The normalized spacial score (nSPS) is 13.3. The standard InChI is InChI=1S/C22H23F2N3O2.CH2O2/c1-13-9-17-18(26(2)20-10-14(21(23)24)7-8-25-20)11-16(29-15-5-4-6-15)12-19(17)27(3)22(13)28;2-1-3/h7-12,15,21H,4-6H2,1-3H3;1H,(H,2,3). The summed E-state index contributed by atoms with van der Waals surface area (Å²) >= 11 is 0. The number of fused-ring (bicyclic) bond motifs is 1. The van der Waals surface area contributed by atoms with E-state index < -0.39 is 6.43 Å². The van der Waals surface area contributed by atoms with E-state index in [0.717, 1.165) is 35.9 Å². The van der Waals surface area contributed by atoms with E-state index in [4.69, 9.17) is 14.6 Å². The van der Waals surface area contributed by atoms with Crippen LogP contribution in [0.15, 0.2) is 41.3 Å². The molecule has 9 heteroatoms. The third-order valence-electron chi connectivity index (χ3n) is 5.56. The van der Waals surface area contributed by atoms with Crippen molar-refractivity contribution in [2.24, 2.45) is 7.05 Å². The second-order valence-corrected chi connectivity index (χ2v) is 7.65. The van der Waals surface area contributed by atoms with Gasteiger partial charge in [0.25, 0.3) is 18.5 Å². The number of halogens is 2. The second-order valence-electron chi connectivity index (χ2n) is 7.65. The molecule has 1 aliphatic rings. The van der Waals surface area contributed by atoms with Crippen molar-refractivity contribution in [3.05, 3.63) is 58.0 Å². The van der Waals surface area contributed by atoms with Crippen LogP contribution in [0.25, 0.3) is 10.9 Å². The zero-order chi connectivity index (χ0) is 23.4. The molecule has 1 N–H and O–H groups in total. The average Bonchev–Trinajstić information content (AvgIpc) is 2.75. The molecule has 32 heavy (non-hydrogen) atoms. The summed E-state index contributed by atoms with van der Waals surface area (Å²) in [5.74, 6) is 1.06. The molecule has 170 valence electrons. The molecular formula is C23H25F2N3O4. The van der Waals surface area contributed by atoms with Gasteiger partial charge in [-0.25, -0.2) is 13.8 Å². The maximum Gasteiger partial charge on any atom is 0.290 e. The van der Waals surface area contributed by atoms with Gasteiger partial charge in [-0.3, -0.25) is 9.59 Å². The number of aryl methyl sites for hydroxylation is 2. The molecule has 0 radical (unpaired) electrons. The zero-order valence-corrected chi connectivity index (χ0v) is 18.1. The van der Waals surface area contributed by atoms with Crippen LogP contribution in [-0.4, -0.2) is 34.3 Å². The van der Waals surface area contributed by atoms with Crippen LogP contribution < -0.4 is 15.2 Å². The van der Waals surface area contributed by atoms with Gasteiger partial charge in [0, 0.05) is 48.9 Å². The largest absolute Gasteiger partial charge is 0.490 e. The number of pyridine rings is 2. The lowest BCUT2D eigenvalue weighted by atomic mass is 9.96. The zero-order valence-electron chi connectivity index (χ0n) is 18.1. The van der Waals surface area contributed by atoms with Gasteiger partial charge in [0.2, 0.25) is 0 Å². The lowest BCUT2D eigenvalue weighted by molar-refractivity contribution is -0.122. The van der Waals surface area contributed by atoms with Crippen LogP contribution >= 0.6 is 0 Å². The highest BCUT2D eigenvalue weighted by atomic mass is 19.3. The number of nitrogens with zero attached hydrogens (tertiary/aromatic N) is 3. The van der Waals surface area contributed by atoms with E-state index in [9.17, 15) is 13.6 Å². The highest BCUT2D eigenvalue weighted by Gasteiger charge is 2.21. The maximum absolute atomic E-state index is 13.2. The van der Waals surface area contributed by atoms with Gasteiger partial charge in [0.15, 0.2) is 0 Å². The number of carbonyl (C=O) groups is 1. The van der Waals surface area contributed by atoms with Crippen molar-refractivity contribution in [1.82, 2.24) is 9.55 Å². The van der Waals surface area contributed by atoms with Crippen LogP contribution in [-0.2, 0) is 11.8 Å². The molecule has 0 aliphatic heterocycles. The fourth-order valence-corrected chi connectivity index (χ4v) is 3.58. The van der Waals surface area contributed by atoms with Crippen LogP contribution in [0, 0.1) is 6.92 Å². The summed E-state index contributed by atoms with van der Waals surface area (Å²) in [4.78, 5) is 26.9. The number of ether oxygens (including phenoxy) is 1. The summed E-state index contributed by atoms with van der Waals surface area (Å²) in [6.07, 6.45) is 2.15. The van der Waals surface area contributed by atoms with Gasteiger partial charge in [0.1, 0.15) is 11.6 Å². The molecule has 0 saturated heterocycles. The topological polar surface area (TPSA) is 84.7 Å². The number of hydrogen-bond acceptors (Lipinski definition) is 5. The highest BCUT2D eigenvalue weighted by Crippen LogP contribution is 2.36. The molecular weight excluding hydrogens is 420 g/mol. The molecule has 0 amide bonds. The SMILES string of the molecule is Cc1cc2c(N(C)c3cc(C(F)F)ccn3)cc(OC3CCC3)cc2n(C)c1=O.O=CO. The summed E-state index contributed by atoms with van der Waals surface area (Å²) in [6.45, 7) is 1.51. The Bertz CT molecular complexity index is 1180. The summed E-state index contributed by atoms with van der Waals surface area (Å²) in [6, 6.07) is 8.28. The first-order valence-electron chi connectivity index (χ1n) is 10.1. The fraction of sp³-hybridized carbons (Fsp3) is 0.348. The monoisotopic (exact) mass is 445 g/mol. The molecule has 1 aromatic carbocycles. The second kappa shape index (κ2) is 9.76. The number of rotatable bonds is 5. The Morgan fingerprint density at radius 3 is 2.56 bits per heavy atom. The molecule has 3 aromatic rings. The quantitative estimate of drug-likeness (QED) is 0.579. The molecule has 4 rings (SSSR count). The molecule has 0 spiro atoms. The highest BCUT2D eigenvalue weighted by molar-refractivity contribution is 5.95. The number of aromatic nitrogens is 2. The van der Waals surface area contributed by atoms with Gasteiger partial charge >= 0.3 is 0 Å². The summed E-state index contributed by atoms with van der Waals surface area (Å²) in [5.41, 5.74) is 1.91. The number of benzene rings is 1. The predicted molar refractivity (Wildman–Crippen MR) is 118 cm³/mol. The molecule has 1 saturated carbocycles. The van der Waals surface area contributed by atoms with Crippen molar-refractivity contribution in [3.8, 4) is 5.75 Å². The van der Waals surface area contributed by atoms with Gasteiger partial charge < -0.3 is 19.3 Å². The Labute approximate surface area is 183 Å². The van der Waals surface area contributed by atoms with Crippen LogP contribution in [0.5, 0.6) is 5.75 Å². The Kier molecular flexibility index (Phi) is 7.07. The van der Waals surface area contributed by atoms with Crippen molar-refractivity contribution in [1.29, 1.82) is 0 Å². The summed E-state index contributed by atoms with van der Waals surface area (Å²) in [5, 5.41) is 7.72. The first kappa shape index (κ1) is 23.2. The molecule has 1 aliphatic carbocycles. The van der Waals surface area contributed by atoms with E-state index in [1.54, 1.807) is 30.5 Å². The minimum absolute atomic E-state index is 0.0790. The van der Waals surface area contributed by atoms with Gasteiger partial charge in [-0.15, -0.1) is 0 Å². The molecule has 2 heterocycles. The van der Waals surface area contributed by atoms with E-state index in [1.165, 1.54) is 18.3 Å². The van der Waals surface area contributed by atoms with E-state index in [-0.39, 0.29) is 23.7 Å². The van der Waals surface area contributed by atoms with Crippen LogP contribution in [0.4, 0.5) is 20.3 Å². The van der Waals surface area contributed by atoms with Crippen molar-refractivity contribution in [2.45, 2.75) is 38.7 Å². The fourth-order valence-electron chi connectivity index (χ4n) is 3.58. The summed E-state index contributed by atoms with van der Waals surface area (Å²) in [7, 11) is 3.50. The Hall–Kier alpha value is -3.49. The summed E-state index contributed by atoms with van der Waals surface area (Å²) < 4.78 is 34.0. The maximum atomic E-state index is 13.2. The third kappa shape index (κ3) is 4.71.